The second kappa shape index (κ2) is 40.2. The van der Waals surface area contributed by atoms with Gasteiger partial charge in [0.05, 0.1) is 0 Å². The van der Waals surface area contributed by atoms with Gasteiger partial charge < -0.3 is 5.32 Å². The van der Waals surface area contributed by atoms with E-state index in [0.29, 0.717) is 0 Å². The Hall–Kier alpha value is 0.140. The Balaban J connectivity index is 3.42. The summed E-state index contributed by atoms with van der Waals surface area (Å²) in [4.78, 5) is 0. The van der Waals surface area contributed by atoms with Crippen LogP contribution in [0, 0.1) is 0 Å². The summed E-state index contributed by atoms with van der Waals surface area (Å²) in [5.74, 6) is 4.03. The van der Waals surface area contributed by atoms with Crippen LogP contribution >= 0.6 is 23.5 Å². The van der Waals surface area contributed by atoms with Gasteiger partial charge in [0, 0.05) is 17.5 Å². The van der Waals surface area contributed by atoms with Crippen molar-refractivity contribution in [3.05, 3.63) is 24.3 Å². The van der Waals surface area contributed by atoms with Crippen LogP contribution in [0.1, 0.15) is 194 Å². The predicted octanol–water partition coefficient (Wildman–Crippen LogP) is 14.1. The number of nitrogens with one attached hydrogen (secondary N) is 1. The van der Waals surface area contributed by atoms with Gasteiger partial charge in [-0.2, -0.15) is 23.5 Å². The Morgan fingerprint density at radius 2 is 0.791 bits per heavy atom. The molecule has 3 heteroatoms. The van der Waals surface area contributed by atoms with Gasteiger partial charge in [-0.15, -0.1) is 0 Å². The van der Waals surface area contributed by atoms with E-state index in [1.165, 1.54) is 197 Å². The van der Waals surface area contributed by atoms with Gasteiger partial charge in [-0.1, -0.05) is 154 Å². The van der Waals surface area contributed by atoms with Crippen molar-refractivity contribution in [3.8, 4) is 0 Å². The normalized spacial score (nSPS) is 12.7. The van der Waals surface area contributed by atoms with Crippen LogP contribution in [0.3, 0.4) is 0 Å². The maximum atomic E-state index is 3.44. The van der Waals surface area contributed by atoms with Crippen LogP contribution in [0.2, 0.25) is 0 Å². The summed E-state index contributed by atoms with van der Waals surface area (Å²) in [6.07, 6.45) is 48.9. The molecular formula is C40H79NS2. The third-order valence-electron chi connectivity index (χ3n) is 8.55. The first-order valence-electron chi connectivity index (χ1n) is 19.5. The highest BCUT2D eigenvalue weighted by molar-refractivity contribution is 8.03. The van der Waals surface area contributed by atoms with E-state index in [1.807, 2.05) is 0 Å². The third kappa shape index (κ3) is 38.2. The lowest BCUT2D eigenvalue weighted by atomic mass is 10.1. The molecule has 0 aromatic rings. The van der Waals surface area contributed by atoms with Gasteiger partial charge in [0.25, 0.3) is 0 Å². The van der Waals surface area contributed by atoms with E-state index in [4.69, 9.17) is 0 Å². The minimum Gasteiger partial charge on any atom is -0.319 e. The van der Waals surface area contributed by atoms with Gasteiger partial charge >= 0.3 is 0 Å². The molecule has 256 valence electrons. The van der Waals surface area contributed by atoms with Crippen LogP contribution in [0.15, 0.2) is 24.3 Å². The largest absolute Gasteiger partial charge is 0.319 e. The molecule has 0 saturated carbocycles. The number of hydrogen-bond acceptors (Lipinski definition) is 3. The number of hydrogen-bond donors (Lipinski definition) is 1. The molecule has 0 saturated heterocycles. The standard InChI is InChI=1S/C40H79NS2/c1-4-6-8-10-12-14-16-18-20-22-24-26-28-30-32-34-36-42-39-40(38-41-3)43-37-35-33-31-29-27-25-23-21-19-17-15-13-11-9-7-5-2/h18-21,40-41H,4-17,22-39H2,1-3H3/b20-18-,21-19-. The smallest absolute Gasteiger partial charge is 0.0262 e. The molecular weight excluding hydrogens is 559 g/mol. The average molecular weight is 638 g/mol. The van der Waals surface area contributed by atoms with Crippen molar-refractivity contribution in [3.63, 3.8) is 0 Å². The molecule has 0 rings (SSSR count). The third-order valence-corrected chi connectivity index (χ3v) is 11.3. The summed E-state index contributed by atoms with van der Waals surface area (Å²) < 4.78 is 0. The molecule has 0 radical (unpaired) electrons. The molecule has 1 N–H and O–H groups in total. The van der Waals surface area contributed by atoms with E-state index in [2.05, 4.69) is 74.0 Å². The number of allylic oxidation sites excluding steroid dienone is 4. The molecule has 1 unspecified atom stereocenters. The highest BCUT2D eigenvalue weighted by Crippen LogP contribution is 2.20. The Kier molecular flexibility index (Phi) is 40.3. The molecule has 0 aliphatic carbocycles. The first-order chi connectivity index (χ1) is 21.3. The molecule has 43 heavy (non-hydrogen) atoms. The second-order valence-electron chi connectivity index (χ2n) is 13.0. The molecule has 0 aromatic heterocycles. The zero-order valence-electron chi connectivity index (χ0n) is 29.8. The van der Waals surface area contributed by atoms with E-state index in [0.717, 1.165) is 11.8 Å². The summed E-state index contributed by atoms with van der Waals surface area (Å²) in [5.41, 5.74) is 0. The lowest BCUT2D eigenvalue weighted by Gasteiger charge is -2.16. The predicted molar refractivity (Wildman–Crippen MR) is 206 cm³/mol. The summed E-state index contributed by atoms with van der Waals surface area (Å²) in [6.45, 7) is 5.76. The zero-order chi connectivity index (χ0) is 31.2. The number of rotatable bonds is 37. The van der Waals surface area contributed by atoms with E-state index >= 15 is 0 Å². The Bertz CT molecular complexity index is 547. The van der Waals surface area contributed by atoms with Crippen LogP contribution < -0.4 is 5.32 Å². The van der Waals surface area contributed by atoms with Crippen molar-refractivity contribution in [2.24, 2.45) is 0 Å². The number of thioether (sulfide) groups is 2. The Morgan fingerprint density at radius 1 is 0.442 bits per heavy atom. The molecule has 1 nitrogen and oxygen atoms in total. The van der Waals surface area contributed by atoms with Crippen molar-refractivity contribution < 1.29 is 0 Å². The molecule has 1 atom stereocenters. The summed E-state index contributed by atoms with van der Waals surface area (Å²) in [6, 6.07) is 0. The zero-order valence-corrected chi connectivity index (χ0v) is 31.5. The van der Waals surface area contributed by atoms with Crippen LogP contribution in [0.25, 0.3) is 0 Å². The fourth-order valence-corrected chi connectivity index (χ4v) is 8.28. The molecule has 0 bridgehead atoms. The molecule has 0 aliphatic heterocycles. The Morgan fingerprint density at radius 3 is 1.19 bits per heavy atom. The topological polar surface area (TPSA) is 12.0 Å². The molecule has 0 aliphatic rings. The van der Waals surface area contributed by atoms with Gasteiger partial charge in [-0.05, 0) is 82.8 Å². The minimum absolute atomic E-state index is 0.784. The van der Waals surface area contributed by atoms with Gasteiger partial charge in [0.2, 0.25) is 0 Å². The lowest BCUT2D eigenvalue weighted by Crippen LogP contribution is -2.23. The van der Waals surface area contributed by atoms with Crippen LogP contribution in [0.5, 0.6) is 0 Å². The summed E-state index contributed by atoms with van der Waals surface area (Å²) in [7, 11) is 2.12. The van der Waals surface area contributed by atoms with Crippen LogP contribution in [0.4, 0.5) is 0 Å². The van der Waals surface area contributed by atoms with Crippen LogP contribution in [-0.4, -0.2) is 36.1 Å². The van der Waals surface area contributed by atoms with Gasteiger partial charge in [0.1, 0.15) is 0 Å². The van der Waals surface area contributed by atoms with Crippen LogP contribution in [-0.2, 0) is 0 Å². The van der Waals surface area contributed by atoms with Crippen molar-refractivity contribution in [1.82, 2.24) is 5.32 Å². The fourth-order valence-electron chi connectivity index (χ4n) is 5.66. The van der Waals surface area contributed by atoms with Gasteiger partial charge in [-0.3, -0.25) is 0 Å². The first-order valence-corrected chi connectivity index (χ1v) is 21.7. The average Bonchev–Trinajstić information content (AvgIpc) is 3.01. The van der Waals surface area contributed by atoms with E-state index in [1.54, 1.807) is 0 Å². The minimum atomic E-state index is 0.784. The highest BCUT2D eigenvalue weighted by Gasteiger charge is 2.08. The van der Waals surface area contributed by atoms with Crippen molar-refractivity contribution in [1.29, 1.82) is 0 Å². The molecule has 0 spiro atoms. The molecule has 0 amide bonds. The van der Waals surface area contributed by atoms with Crippen molar-refractivity contribution >= 4 is 23.5 Å². The monoisotopic (exact) mass is 638 g/mol. The molecule has 0 aromatic carbocycles. The summed E-state index contributed by atoms with van der Waals surface area (Å²) in [5, 5.41) is 4.22. The number of unbranched alkanes of at least 4 members (excludes halogenated alkanes) is 24. The SMILES string of the molecule is CCCCCCCC/C=C\CCCCCCCCSCC(CNC)SCCCCCCCC/C=C\CCCCCCCC. The van der Waals surface area contributed by atoms with Gasteiger partial charge in [-0.25, -0.2) is 0 Å². The fraction of sp³-hybridized carbons (Fsp3) is 0.900. The van der Waals surface area contributed by atoms with E-state index < -0.39 is 0 Å². The lowest BCUT2D eigenvalue weighted by molar-refractivity contribution is 0.607. The Labute approximate surface area is 281 Å². The first kappa shape index (κ1) is 43.1. The van der Waals surface area contributed by atoms with Crippen molar-refractivity contribution in [2.45, 2.75) is 199 Å². The molecule has 0 heterocycles. The van der Waals surface area contributed by atoms with E-state index in [-0.39, 0.29) is 0 Å². The second-order valence-corrected chi connectivity index (χ2v) is 15.6. The molecule has 0 fully saturated rings. The van der Waals surface area contributed by atoms with Crippen molar-refractivity contribution in [2.75, 3.05) is 30.9 Å². The maximum absolute atomic E-state index is 3.44. The quantitative estimate of drug-likeness (QED) is 0.0537. The van der Waals surface area contributed by atoms with E-state index in [9.17, 15) is 0 Å². The highest BCUT2D eigenvalue weighted by atomic mass is 32.2. The summed E-state index contributed by atoms with van der Waals surface area (Å²) >= 11 is 4.43. The maximum Gasteiger partial charge on any atom is 0.0262 e. The van der Waals surface area contributed by atoms with Gasteiger partial charge in [0.15, 0.2) is 0 Å².